The van der Waals surface area contributed by atoms with Crippen LogP contribution < -0.4 is 0 Å². The molecule has 0 saturated heterocycles. The summed E-state index contributed by atoms with van der Waals surface area (Å²) >= 11 is 7.26. The second-order valence-electron chi connectivity index (χ2n) is 2.84. The molecule has 0 saturated carbocycles. The van der Waals surface area contributed by atoms with Crippen molar-refractivity contribution in [3.8, 4) is 11.3 Å². The maximum absolute atomic E-state index is 5.79. The second-order valence-corrected chi connectivity index (χ2v) is 4.05. The molecule has 3 nitrogen and oxygen atoms in total. The molecule has 15 heavy (non-hydrogen) atoms. The average molecular weight is 238 g/mol. The zero-order valence-electron chi connectivity index (χ0n) is 8.01. The molecule has 1 aromatic carbocycles. The van der Waals surface area contributed by atoms with E-state index < -0.39 is 0 Å². The van der Waals surface area contributed by atoms with Crippen LogP contribution >= 0.6 is 23.4 Å². The monoisotopic (exact) mass is 237 g/mol. The van der Waals surface area contributed by atoms with E-state index >= 15 is 0 Å². The molecule has 2 aromatic rings. The van der Waals surface area contributed by atoms with Gasteiger partial charge in [-0.2, -0.15) is 0 Å². The predicted molar refractivity (Wildman–Crippen MR) is 62.1 cm³/mol. The summed E-state index contributed by atoms with van der Waals surface area (Å²) in [5.74, 6) is 0. The highest BCUT2D eigenvalue weighted by molar-refractivity contribution is 7.98. The molecule has 76 valence electrons. The van der Waals surface area contributed by atoms with Crippen molar-refractivity contribution in [2.75, 3.05) is 6.26 Å². The quantitative estimate of drug-likeness (QED) is 0.753. The Morgan fingerprint density at radius 2 is 1.87 bits per heavy atom. The summed E-state index contributed by atoms with van der Waals surface area (Å²) in [5.41, 5.74) is 1.72. The van der Waals surface area contributed by atoms with E-state index in [9.17, 15) is 0 Å². The van der Waals surface area contributed by atoms with Crippen molar-refractivity contribution < 1.29 is 0 Å². The van der Waals surface area contributed by atoms with Gasteiger partial charge in [-0.1, -0.05) is 35.5 Å². The fourth-order valence-electron chi connectivity index (χ4n) is 1.11. The van der Waals surface area contributed by atoms with E-state index in [0.717, 1.165) is 11.3 Å². The van der Waals surface area contributed by atoms with Crippen LogP contribution in [-0.4, -0.2) is 21.4 Å². The largest absolute Gasteiger partial charge is 0.227 e. The van der Waals surface area contributed by atoms with Crippen LogP contribution in [0, 0.1) is 0 Å². The molecule has 0 aliphatic rings. The van der Waals surface area contributed by atoms with Crippen molar-refractivity contribution in [1.82, 2.24) is 15.2 Å². The Morgan fingerprint density at radius 1 is 1.13 bits per heavy atom. The predicted octanol–water partition coefficient (Wildman–Crippen LogP) is 2.91. The Labute approximate surface area is 96.9 Å². The smallest absolute Gasteiger partial charge is 0.208 e. The van der Waals surface area contributed by atoms with Crippen LogP contribution in [0.3, 0.4) is 0 Å². The van der Waals surface area contributed by atoms with Gasteiger partial charge >= 0.3 is 0 Å². The molecule has 0 amide bonds. The van der Waals surface area contributed by atoms with Crippen molar-refractivity contribution in [1.29, 1.82) is 0 Å². The fraction of sp³-hybridized carbons (Fsp3) is 0.100. The lowest BCUT2D eigenvalue weighted by Crippen LogP contribution is -1.92. The molecule has 0 bridgehead atoms. The highest BCUT2D eigenvalue weighted by Crippen LogP contribution is 2.18. The number of aromatic nitrogens is 3. The SMILES string of the molecule is CSc1ncc(-c2ccc(Cl)cc2)nn1. The molecular weight excluding hydrogens is 230 g/mol. The first kappa shape index (κ1) is 10.4. The third-order valence-electron chi connectivity index (χ3n) is 1.86. The Kier molecular flexibility index (Phi) is 3.18. The Morgan fingerprint density at radius 3 is 2.40 bits per heavy atom. The van der Waals surface area contributed by atoms with Gasteiger partial charge in [0.25, 0.3) is 0 Å². The van der Waals surface area contributed by atoms with Crippen LogP contribution in [0.1, 0.15) is 0 Å². The molecule has 5 heteroatoms. The van der Waals surface area contributed by atoms with Gasteiger partial charge in [0.15, 0.2) is 0 Å². The maximum Gasteiger partial charge on any atom is 0.208 e. The van der Waals surface area contributed by atoms with Crippen molar-refractivity contribution in [2.45, 2.75) is 5.16 Å². The third-order valence-corrected chi connectivity index (χ3v) is 2.67. The molecule has 0 fully saturated rings. The number of hydrogen-bond acceptors (Lipinski definition) is 4. The first-order chi connectivity index (χ1) is 7.29. The van der Waals surface area contributed by atoms with Crippen LogP contribution in [0.5, 0.6) is 0 Å². The van der Waals surface area contributed by atoms with Crippen molar-refractivity contribution in [3.63, 3.8) is 0 Å². The lowest BCUT2D eigenvalue weighted by atomic mass is 10.2. The van der Waals surface area contributed by atoms with Crippen LogP contribution in [0.4, 0.5) is 0 Å². The Hall–Kier alpha value is -1.13. The molecule has 1 aromatic heterocycles. The van der Waals surface area contributed by atoms with Gasteiger partial charge in [-0.15, -0.1) is 10.2 Å². The highest BCUT2D eigenvalue weighted by atomic mass is 35.5. The molecule has 0 radical (unpaired) electrons. The van der Waals surface area contributed by atoms with Crippen molar-refractivity contribution >= 4 is 23.4 Å². The van der Waals surface area contributed by atoms with Crippen LogP contribution in [-0.2, 0) is 0 Å². The Balaban J connectivity index is 2.33. The summed E-state index contributed by atoms with van der Waals surface area (Å²) in [7, 11) is 0. The van der Waals surface area contributed by atoms with Gasteiger partial charge in [0.05, 0.1) is 6.20 Å². The normalized spacial score (nSPS) is 10.3. The second kappa shape index (κ2) is 4.59. The molecule has 0 unspecified atom stereocenters. The van der Waals surface area contributed by atoms with E-state index in [2.05, 4.69) is 15.2 Å². The van der Waals surface area contributed by atoms with Gasteiger partial charge in [0.1, 0.15) is 5.69 Å². The van der Waals surface area contributed by atoms with Crippen molar-refractivity contribution in [2.24, 2.45) is 0 Å². The van der Waals surface area contributed by atoms with Gasteiger partial charge in [-0.25, -0.2) is 4.98 Å². The molecule has 0 spiro atoms. The van der Waals surface area contributed by atoms with Gasteiger partial charge in [-0.05, 0) is 18.4 Å². The van der Waals surface area contributed by atoms with Gasteiger partial charge < -0.3 is 0 Å². The number of hydrogen-bond donors (Lipinski definition) is 0. The first-order valence-electron chi connectivity index (χ1n) is 4.29. The zero-order valence-corrected chi connectivity index (χ0v) is 9.59. The van der Waals surface area contributed by atoms with Gasteiger partial charge in [-0.3, -0.25) is 0 Å². The van der Waals surface area contributed by atoms with E-state index in [1.165, 1.54) is 11.8 Å². The summed E-state index contributed by atoms with van der Waals surface area (Å²) in [6.07, 6.45) is 3.63. The molecular formula is C10H8ClN3S. The van der Waals surface area contributed by atoms with Gasteiger partial charge in [0.2, 0.25) is 5.16 Å². The maximum atomic E-state index is 5.79. The lowest BCUT2D eigenvalue weighted by molar-refractivity contribution is 0.847. The summed E-state index contributed by atoms with van der Waals surface area (Å²) in [5, 5.41) is 9.42. The van der Waals surface area contributed by atoms with Gasteiger partial charge in [0, 0.05) is 10.6 Å². The van der Waals surface area contributed by atoms with E-state index in [1.54, 1.807) is 6.20 Å². The fourth-order valence-corrected chi connectivity index (χ4v) is 1.52. The number of rotatable bonds is 2. The highest BCUT2D eigenvalue weighted by Gasteiger charge is 2.01. The number of halogens is 1. The summed E-state index contributed by atoms with van der Waals surface area (Å²) < 4.78 is 0. The van der Waals surface area contributed by atoms with Crippen LogP contribution in [0.15, 0.2) is 35.6 Å². The third kappa shape index (κ3) is 2.46. The van der Waals surface area contributed by atoms with Crippen molar-refractivity contribution in [3.05, 3.63) is 35.5 Å². The standard InChI is InChI=1S/C10H8ClN3S/c1-15-10-12-6-9(13-14-10)7-2-4-8(11)5-3-7/h2-6H,1H3. The van der Waals surface area contributed by atoms with E-state index in [-0.39, 0.29) is 0 Å². The number of benzene rings is 1. The first-order valence-corrected chi connectivity index (χ1v) is 5.89. The molecule has 0 atom stereocenters. The number of thioether (sulfide) groups is 1. The summed E-state index contributed by atoms with van der Waals surface area (Å²) in [4.78, 5) is 4.15. The van der Waals surface area contributed by atoms with E-state index in [1.807, 2.05) is 30.5 Å². The van der Waals surface area contributed by atoms with Crippen LogP contribution in [0.25, 0.3) is 11.3 Å². The summed E-state index contributed by atoms with van der Waals surface area (Å²) in [6, 6.07) is 7.43. The molecule has 2 rings (SSSR count). The summed E-state index contributed by atoms with van der Waals surface area (Å²) in [6.45, 7) is 0. The molecule has 0 aliphatic heterocycles. The minimum atomic E-state index is 0.674. The molecule has 0 aliphatic carbocycles. The van der Waals surface area contributed by atoms with Crippen LogP contribution in [0.2, 0.25) is 5.02 Å². The number of nitrogens with zero attached hydrogens (tertiary/aromatic N) is 3. The zero-order chi connectivity index (χ0) is 10.7. The average Bonchev–Trinajstić information content (AvgIpc) is 2.30. The minimum Gasteiger partial charge on any atom is -0.227 e. The molecule has 0 N–H and O–H groups in total. The lowest BCUT2D eigenvalue weighted by Gasteiger charge is -1.99. The van der Waals surface area contributed by atoms with E-state index in [0.29, 0.717) is 10.2 Å². The minimum absolute atomic E-state index is 0.674. The molecule has 1 heterocycles. The Bertz CT molecular complexity index is 441. The van der Waals surface area contributed by atoms with E-state index in [4.69, 9.17) is 11.6 Å². The topological polar surface area (TPSA) is 38.7 Å².